The number of hydrogen-bond acceptors (Lipinski definition) is 2. The van der Waals surface area contributed by atoms with Crippen LogP contribution >= 0.6 is 38.9 Å². The van der Waals surface area contributed by atoms with Crippen LogP contribution in [-0.4, -0.2) is 4.98 Å². The second-order valence-electron chi connectivity index (χ2n) is 3.85. The first-order valence-electron chi connectivity index (χ1n) is 4.99. The molecule has 0 N–H and O–H groups in total. The molecule has 0 aliphatic rings. The van der Waals surface area contributed by atoms with Crippen LogP contribution in [0.3, 0.4) is 0 Å². The van der Waals surface area contributed by atoms with Crippen LogP contribution in [0.1, 0.15) is 24.6 Å². The molecule has 1 nitrogen and oxygen atoms in total. The average molecular weight is 317 g/mol. The molecule has 1 aromatic carbocycles. The van der Waals surface area contributed by atoms with E-state index in [9.17, 15) is 0 Å². The maximum atomic E-state index is 5.96. The molecule has 16 heavy (non-hydrogen) atoms. The van der Waals surface area contributed by atoms with Gasteiger partial charge in [-0.3, -0.25) is 0 Å². The summed E-state index contributed by atoms with van der Waals surface area (Å²) in [5.74, 6) is 0.530. The van der Waals surface area contributed by atoms with Crippen LogP contribution in [0.15, 0.2) is 28.9 Å². The summed E-state index contributed by atoms with van der Waals surface area (Å²) in [7, 11) is 0. The first-order chi connectivity index (χ1) is 7.58. The highest BCUT2D eigenvalue weighted by Crippen LogP contribution is 2.33. The van der Waals surface area contributed by atoms with Crippen molar-refractivity contribution in [2.24, 2.45) is 0 Å². The van der Waals surface area contributed by atoms with Crippen molar-refractivity contribution in [3.05, 3.63) is 38.8 Å². The van der Waals surface area contributed by atoms with Crippen LogP contribution in [-0.2, 0) is 0 Å². The summed E-state index contributed by atoms with van der Waals surface area (Å²) in [4.78, 5) is 5.74. The Balaban J connectivity index is 2.39. The molecule has 0 saturated carbocycles. The highest BCUT2D eigenvalue weighted by molar-refractivity contribution is 9.10. The number of aromatic nitrogens is 1. The third-order valence-corrected chi connectivity index (χ3v) is 4.82. The number of thiazole rings is 1. The van der Waals surface area contributed by atoms with Gasteiger partial charge in [0.15, 0.2) is 0 Å². The van der Waals surface area contributed by atoms with E-state index >= 15 is 0 Å². The molecule has 0 aliphatic heterocycles. The van der Waals surface area contributed by atoms with Gasteiger partial charge in [0.2, 0.25) is 0 Å². The molecular formula is C12H11BrClNS. The van der Waals surface area contributed by atoms with Gasteiger partial charge >= 0.3 is 0 Å². The molecule has 0 saturated heterocycles. The molecule has 0 radical (unpaired) electrons. The van der Waals surface area contributed by atoms with E-state index in [1.807, 2.05) is 24.4 Å². The number of hydrogen-bond donors (Lipinski definition) is 0. The van der Waals surface area contributed by atoms with Crippen molar-refractivity contribution in [1.29, 1.82) is 0 Å². The predicted molar refractivity (Wildman–Crippen MR) is 74.3 cm³/mol. The minimum absolute atomic E-state index is 0.530. The third kappa shape index (κ3) is 2.47. The van der Waals surface area contributed by atoms with Gasteiger partial charge in [-0.1, -0.05) is 31.5 Å². The van der Waals surface area contributed by atoms with Crippen LogP contribution in [0.25, 0.3) is 10.6 Å². The summed E-state index contributed by atoms with van der Waals surface area (Å²) in [6.45, 7) is 4.35. The van der Waals surface area contributed by atoms with Crippen molar-refractivity contribution in [2.45, 2.75) is 19.8 Å². The molecule has 0 unspecified atom stereocenters. The lowest BCUT2D eigenvalue weighted by Gasteiger charge is -2.00. The number of nitrogens with zero attached hydrogens (tertiary/aromatic N) is 1. The quantitative estimate of drug-likeness (QED) is 0.728. The summed E-state index contributed by atoms with van der Waals surface area (Å²) in [5, 5.41) is 1.77. The lowest BCUT2D eigenvalue weighted by Crippen LogP contribution is -1.77. The molecule has 1 aromatic heterocycles. The van der Waals surface area contributed by atoms with Crippen molar-refractivity contribution >= 4 is 38.9 Å². The van der Waals surface area contributed by atoms with Crippen LogP contribution in [0.5, 0.6) is 0 Å². The summed E-state index contributed by atoms with van der Waals surface area (Å²) in [5.41, 5.74) is 1.10. The van der Waals surface area contributed by atoms with Gasteiger partial charge in [-0.05, 0) is 34.0 Å². The Kier molecular flexibility index (Phi) is 3.67. The van der Waals surface area contributed by atoms with Crippen molar-refractivity contribution in [3.63, 3.8) is 0 Å². The van der Waals surface area contributed by atoms with Gasteiger partial charge in [0.25, 0.3) is 0 Å². The molecule has 0 amide bonds. The molecule has 0 fully saturated rings. The largest absolute Gasteiger partial charge is 0.244 e. The Morgan fingerprint density at radius 2 is 2.12 bits per heavy atom. The molecule has 0 aliphatic carbocycles. The second kappa shape index (κ2) is 4.86. The summed E-state index contributed by atoms with van der Waals surface area (Å²) >= 11 is 11.1. The molecule has 2 aromatic rings. The molecule has 0 bridgehead atoms. The third-order valence-electron chi connectivity index (χ3n) is 2.26. The highest BCUT2D eigenvalue weighted by atomic mass is 79.9. The minimum atomic E-state index is 0.530. The highest BCUT2D eigenvalue weighted by Gasteiger charge is 2.08. The number of halogens is 2. The summed E-state index contributed by atoms with van der Waals surface area (Å²) in [6, 6.07) is 5.89. The first kappa shape index (κ1) is 12.1. The van der Waals surface area contributed by atoms with Gasteiger partial charge in [0, 0.05) is 21.1 Å². The number of rotatable bonds is 2. The normalized spacial score (nSPS) is 11.1. The van der Waals surface area contributed by atoms with Crippen molar-refractivity contribution in [1.82, 2.24) is 4.98 Å². The monoisotopic (exact) mass is 315 g/mol. The first-order valence-corrected chi connectivity index (χ1v) is 6.98. The summed E-state index contributed by atoms with van der Waals surface area (Å²) < 4.78 is 0.910. The lowest BCUT2D eigenvalue weighted by atomic mass is 10.2. The van der Waals surface area contributed by atoms with Crippen molar-refractivity contribution < 1.29 is 0 Å². The lowest BCUT2D eigenvalue weighted by molar-refractivity contribution is 0.885. The van der Waals surface area contributed by atoms with E-state index in [1.165, 1.54) is 4.88 Å². The topological polar surface area (TPSA) is 12.9 Å². The fraction of sp³-hybridized carbons (Fsp3) is 0.250. The van der Waals surface area contributed by atoms with Crippen LogP contribution in [0.2, 0.25) is 5.02 Å². The fourth-order valence-corrected chi connectivity index (χ4v) is 2.73. The minimum Gasteiger partial charge on any atom is -0.244 e. The van der Waals surface area contributed by atoms with E-state index in [-0.39, 0.29) is 0 Å². The Bertz CT molecular complexity index is 507. The van der Waals surface area contributed by atoms with E-state index in [4.69, 9.17) is 11.6 Å². The zero-order chi connectivity index (χ0) is 11.7. The Morgan fingerprint density at radius 3 is 2.69 bits per heavy atom. The summed E-state index contributed by atoms with van der Waals surface area (Å²) in [6.07, 6.45) is 1.95. The van der Waals surface area contributed by atoms with Crippen LogP contribution < -0.4 is 0 Å². The van der Waals surface area contributed by atoms with E-state index in [0.717, 1.165) is 20.1 Å². The smallest absolute Gasteiger partial charge is 0.123 e. The van der Waals surface area contributed by atoms with Crippen molar-refractivity contribution in [3.8, 4) is 10.6 Å². The van der Waals surface area contributed by atoms with Crippen molar-refractivity contribution in [2.75, 3.05) is 0 Å². The predicted octanol–water partition coefficient (Wildman–Crippen LogP) is 5.35. The van der Waals surface area contributed by atoms with Gasteiger partial charge in [-0.2, -0.15) is 0 Å². The fourth-order valence-electron chi connectivity index (χ4n) is 1.32. The molecule has 84 valence electrons. The standard InChI is InChI=1S/C12H11BrClNS/c1-7(2)11-6-15-12(16-11)8-3-4-10(14)9(13)5-8/h3-7H,1-2H3. The van der Waals surface area contributed by atoms with E-state index in [2.05, 4.69) is 34.8 Å². The average Bonchev–Trinajstić information content (AvgIpc) is 2.71. The Morgan fingerprint density at radius 1 is 1.38 bits per heavy atom. The number of benzene rings is 1. The van der Waals surface area contributed by atoms with E-state index in [1.54, 1.807) is 11.3 Å². The zero-order valence-electron chi connectivity index (χ0n) is 9.00. The molecule has 0 atom stereocenters. The van der Waals surface area contributed by atoms with E-state index in [0.29, 0.717) is 5.92 Å². The van der Waals surface area contributed by atoms with Gasteiger partial charge < -0.3 is 0 Å². The molecule has 0 spiro atoms. The Labute approximate surface area is 113 Å². The SMILES string of the molecule is CC(C)c1cnc(-c2ccc(Cl)c(Br)c2)s1. The molecule has 4 heteroatoms. The Hall–Kier alpha value is -0.380. The van der Waals surface area contributed by atoms with Crippen LogP contribution in [0.4, 0.5) is 0 Å². The van der Waals surface area contributed by atoms with Crippen LogP contribution in [0, 0.1) is 0 Å². The molecule has 2 rings (SSSR count). The maximum absolute atomic E-state index is 5.96. The second-order valence-corrected chi connectivity index (χ2v) is 6.18. The molecular weight excluding hydrogens is 306 g/mol. The van der Waals surface area contributed by atoms with E-state index < -0.39 is 0 Å². The van der Waals surface area contributed by atoms with Gasteiger partial charge in [-0.25, -0.2) is 4.98 Å². The zero-order valence-corrected chi connectivity index (χ0v) is 12.2. The van der Waals surface area contributed by atoms with Gasteiger partial charge in [0.1, 0.15) is 5.01 Å². The van der Waals surface area contributed by atoms with Gasteiger partial charge in [0.05, 0.1) is 5.02 Å². The maximum Gasteiger partial charge on any atom is 0.123 e. The molecule has 1 heterocycles. The van der Waals surface area contributed by atoms with Gasteiger partial charge in [-0.15, -0.1) is 11.3 Å².